The maximum atomic E-state index is 13.0. The summed E-state index contributed by atoms with van der Waals surface area (Å²) in [6.07, 6.45) is 1.81. The second kappa shape index (κ2) is 9.63. The summed E-state index contributed by atoms with van der Waals surface area (Å²) in [4.78, 5) is 23.3. The number of nitrogens with zero attached hydrogens (tertiary/aromatic N) is 4. The van der Waals surface area contributed by atoms with Crippen molar-refractivity contribution in [3.8, 4) is 10.6 Å². The van der Waals surface area contributed by atoms with Crippen molar-refractivity contribution >= 4 is 38.6 Å². The molecule has 2 fully saturated rings. The van der Waals surface area contributed by atoms with Crippen LogP contribution < -0.4 is 0 Å². The van der Waals surface area contributed by atoms with E-state index in [2.05, 4.69) is 21.7 Å². The van der Waals surface area contributed by atoms with E-state index in [9.17, 15) is 13.2 Å². The summed E-state index contributed by atoms with van der Waals surface area (Å²) in [7, 11) is -3.46. The maximum absolute atomic E-state index is 13.0. The average molecular weight is 503 g/mol. The van der Waals surface area contributed by atoms with Crippen molar-refractivity contribution in [1.82, 2.24) is 19.1 Å². The molecule has 174 valence electrons. The number of sulfonamides is 1. The molecule has 0 aliphatic carbocycles. The van der Waals surface area contributed by atoms with E-state index in [0.717, 1.165) is 43.2 Å². The van der Waals surface area contributed by atoms with Gasteiger partial charge >= 0.3 is 0 Å². The van der Waals surface area contributed by atoms with Crippen molar-refractivity contribution in [3.63, 3.8) is 0 Å². The molecule has 10 heteroatoms. The minimum atomic E-state index is -3.46. The molecule has 2 saturated heterocycles. The normalized spacial score (nSPS) is 18.1. The second-order valence-electron chi connectivity index (χ2n) is 8.31. The molecule has 4 heterocycles. The molecule has 1 aromatic carbocycles. The van der Waals surface area contributed by atoms with Gasteiger partial charge in [0.25, 0.3) is 5.91 Å². The van der Waals surface area contributed by atoms with Gasteiger partial charge in [-0.2, -0.15) is 4.31 Å². The Morgan fingerprint density at radius 3 is 2.33 bits per heavy atom. The monoisotopic (exact) mass is 502 g/mol. The highest BCUT2D eigenvalue weighted by Crippen LogP contribution is 2.27. The van der Waals surface area contributed by atoms with Crippen LogP contribution in [0.5, 0.6) is 0 Å². The molecule has 0 N–H and O–H groups in total. The third-order valence-electron chi connectivity index (χ3n) is 6.15. The number of hydrogen-bond donors (Lipinski definition) is 0. The van der Waals surface area contributed by atoms with Crippen molar-refractivity contribution in [2.24, 2.45) is 0 Å². The Morgan fingerprint density at radius 2 is 1.67 bits per heavy atom. The lowest BCUT2D eigenvalue weighted by Gasteiger charge is -2.34. The Morgan fingerprint density at radius 1 is 0.939 bits per heavy atom. The van der Waals surface area contributed by atoms with Crippen LogP contribution in [0.4, 0.5) is 0 Å². The van der Waals surface area contributed by atoms with E-state index in [0.29, 0.717) is 31.7 Å². The highest BCUT2D eigenvalue weighted by molar-refractivity contribution is 7.89. The Hall–Kier alpha value is -2.11. The Kier molecular flexibility index (Phi) is 6.62. The summed E-state index contributed by atoms with van der Waals surface area (Å²) >= 11 is 3.37. The van der Waals surface area contributed by atoms with Gasteiger partial charge in [-0.15, -0.1) is 22.7 Å². The summed E-state index contributed by atoms with van der Waals surface area (Å²) in [5, 5.41) is 5.26. The van der Waals surface area contributed by atoms with Gasteiger partial charge in [0.1, 0.15) is 5.01 Å². The molecule has 3 aromatic rings. The smallest absolute Gasteiger partial charge is 0.253 e. The predicted molar refractivity (Wildman–Crippen MR) is 131 cm³/mol. The highest BCUT2D eigenvalue weighted by atomic mass is 32.2. The van der Waals surface area contributed by atoms with Gasteiger partial charge in [0, 0.05) is 50.2 Å². The molecule has 0 bridgehead atoms. The summed E-state index contributed by atoms with van der Waals surface area (Å²) in [6.45, 7) is 4.82. The quantitative estimate of drug-likeness (QED) is 0.515. The zero-order valence-electron chi connectivity index (χ0n) is 18.2. The molecule has 0 saturated carbocycles. The minimum absolute atomic E-state index is 0.0472. The van der Waals surface area contributed by atoms with E-state index in [1.807, 2.05) is 11.0 Å². The number of thiophene rings is 1. The molecule has 1 amide bonds. The molecule has 7 nitrogen and oxygen atoms in total. The van der Waals surface area contributed by atoms with Crippen LogP contribution in [0.25, 0.3) is 10.6 Å². The fraction of sp³-hybridized carbons (Fsp3) is 0.391. The van der Waals surface area contributed by atoms with Crippen LogP contribution in [-0.4, -0.2) is 72.7 Å². The standard InChI is InChI=1S/C23H26N4O3S3/c28-23(18-5-7-19(8-6-18)33(29,30)27-9-1-2-10-27)26-13-11-25(12-14-26)16-22-24-20(17-32-22)21-4-3-15-31-21/h3-8,15,17H,1-2,9-14,16H2. The van der Waals surface area contributed by atoms with Gasteiger partial charge in [-0.05, 0) is 48.6 Å². The zero-order valence-corrected chi connectivity index (χ0v) is 20.7. The molecule has 2 aromatic heterocycles. The number of thiazole rings is 1. The second-order valence-corrected chi connectivity index (χ2v) is 12.1. The molecule has 0 atom stereocenters. The van der Waals surface area contributed by atoms with Crippen molar-refractivity contribution in [2.75, 3.05) is 39.3 Å². The SMILES string of the molecule is O=C(c1ccc(S(=O)(=O)N2CCCC2)cc1)N1CCN(Cc2nc(-c3cccs3)cs2)CC1. The van der Waals surface area contributed by atoms with Gasteiger partial charge in [-0.1, -0.05) is 6.07 Å². The van der Waals surface area contributed by atoms with Crippen LogP contribution in [0, 0.1) is 0 Å². The van der Waals surface area contributed by atoms with Crippen molar-refractivity contribution in [1.29, 1.82) is 0 Å². The number of aromatic nitrogens is 1. The first kappa shape index (κ1) is 22.7. The number of rotatable bonds is 6. The van der Waals surface area contributed by atoms with Crippen LogP contribution in [0.3, 0.4) is 0 Å². The number of carbonyl (C=O) groups is 1. The van der Waals surface area contributed by atoms with Gasteiger partial charge in [0.15, 0.2) is 0 Å². The fourth-order valence-corrected chi connectivity index (χ4v) is 7.36. The molecular weight excluding hydrogens is 476 g/mol. The number of benzene rings is 1. The molecular formula is C23H26N4O3S3. The van der Waals surface area contributed by atoms with Crippen molar-refractivity contribution in [2.45, 2.75) is 24.3 Å². The van der Waals surface area contributed by atoms with Crippen molar-refractivity contribution < 1.29 is 13.2 Å². The van der Waals surface area contributed by atoms with Gasteiger partial charge in [-0.25, -0.2) is 13.4 Å². The van der Waals surface area contributed by atoms with E-state index in [1.165, 1.54) is 9.18 Å². The van der Waals surface area contributed by atoms with E-state index >= 15 is 0 Å². The first-order valence-corrected chi connectivity index (χ1v) is 14.3. The third-order valence-corrected chi connectivity index (χ3v) is 9.79. The zero-order chi connectivity index (χ0) is 22.8. The Balaban J connectivity index is 1.16. The molecule has 2 aliphatic rings. The highest BCUT2D eigenvalue weighted by Gasteiger charge is 2.28. The largest absolute Gasteiger partial charge is 0.336 e. The number of carbonyl (C=O) groups excluding carboxylic acids is 1. The summed E-state index contributed by atoms with van der Waals surface area (Å²) in [5.41, 5.74) is 1.57. The topological polar surface area (TPSA) is 73.8 Å². The van der Waals surface area contributed by atoms with Crippen LogP contribution in [0.15, 0.2) is 52.1 Å². The van der Waals surface area contributed by atoms with Crippen LogP contribution in [0.2, 0.25) is 0 Å². The van der Waals surface area contributed by atoms with E-state index < -0.39 is 10.0 Å². The summed E-state index contributed by atoms with van der Waals surface area (Å²) in [6, 6.07) is 10.5. The summed E-state index contributed by atoms with van der Waals surface area (Å²) < 4.78 is 26.9. The lowest BCUT2D eigenvalue weighted by Crippen LogP contribution is -2.48. The Bertz CT molecular complexity index is 1190. The molecule has 33 heavy (non-hydrogen) atoms. The van der Waals surface area contributed by atoms with Crippen LogP contribution in [-0.2, 0) is 16.6 Å². The minimum Gasteiger partial charge on any atom is -0.336 e. The van der Waals surface area contributed by atoms with Crippen molar-refractivity contribution in [3.05, 3.63) is 57.7 Å². The first-order valence-electron chi connectivity index (χ1n) is 11.1. The number of piperazine rings is 1. The molecule has 0 spiro atoms. The van der Waals surface area contributed by atoms with Gasteiger partial charge < -0.3 is 4.90 Å². The summed E-state index contributed by atoms with van der Waals surface area (Å²) in [5.74, 6) is -0.0472. The predicted octanol–water partition coefficient (Wildman–Crippen LogP) is 3.61. The lowest BCUT2D eigenvalue weighted by atomic mass is 10.2. The number of hydrogen-bond acceptors (Lipinski definition) is 7. The van der Waals surface area contributed by atoms with Gasteiger partial charge in [0.05, 0.1) is 22.0 Å². The maximum Gasteiger partial charge on any atom is 0.253 e. The first-order chi connectivity index (χ1) is 16.0. The Labute approximate surface area is 202 Å². The average Bonchev–Trinajstić information content (AvgIpc) is 3.62. The van der Waals surface area contributed by atoms with E-state index in [-0.39, 0.29) is 10.8 Å². The lowest BCUT2D eigenvalue weighted by molar-refractivity contribution is 0.0628. The fourth-order valence-electron chi connectivity index (χ4n) is 4.25. The number of amides is 1. The molecule has 2 aliphatic heterocycles. The van der Waals surface area contributed by atoms with Gasteiger partial charge in [0.2, 0.25) is 10.0 Å². The van der Waals surface area contributed by atoms with Gasteiger partial charge in [-0.3, -0.25) is 9.69 Å². The van der Waals surface area contributed by atoms with E-state index in [4.69, 9.17) is 4.98 Å². The molecule has 0 radical (unpaired) electrons. The van der Waals surface area contributed by atoms with E-state index in [1.54, 1.807) is 46.9 Å². The third kappa shape index (κ3) is 4.90. The molecule has 5 rings (SSSR count). The van der Waals surface area contributed by atoms with Crippen LogP contribution in [0.1, 0.15) is 28.2 Å². The molecule has 0 unspecified atom stereocenters. The van der Waals surface area contributed by atoms with Crippen LogP contribution >= 0.6 is 22.7 Å².